The predicted octanol–water partition coefficient (Wildman–Crippen LogP) is 1.30. The Labute approximate surface area is 95.6 Å². The molecule has 16 heavy (non-hydrogen) atoms. The van der Waals surface area contributed by atoms with Crippen molar-refractivity contribution in [1.29, 1.82) is 0 Å². The van der Waals surface area contributed by atoms with Gasteiger partial charge in [0.15, 0.2) is 0 Å². The molecule has 4 heteroatoms. The molecule has 1 aliphatic heterocycles. The van der Waals surface area contributed by atoms with Crippen LogP contribution in [0.1, 0.15) is 25.0 Å². The van der Waals surface area contributed by atoms with Crippen molar-refractivity contribution in [2.45, 2.75) is 31.3 Å². The van der Waals surface area contributed by atoms with Gasteiger partial charge in [-0.3, -0.25) is 0 Å². The Hall–Kier alpha value is -0.840. The van der Waals surface area contributed by atoms with Crippen LogP contribution >= 0.6 is 0 Å². The first kappa shape index (κ1) is 11.6. The van der Waals surface area contributed by atoms with Gasteiger partial charge in [0.1, 0.15) is 5.76 Å². The summed E-state index contributed by atoms with van der Waals surface area (Å²) in [4.78, 5) is 0. The zero-order chi connectivity index (χ0) is 11.3. The van der Waals surface area contributed by atoms with Crippen LogP contribution in [0, 0.1) is 0 Å². The number of rotatable bonds is 5. The molecular formula is C12H19NO3. The Morgan fingerprint density at radius 1 is 1.38 bits per heavy atom. The molecular weight excluding hydrogens is 206 g/mol. The smallest absolute Gasteiger partial charge is 0.117 e. The number of aliphatic hydroxyl groups is 1. The van der Waals surface area contributed by atoms with Gasteiger partial charge >= 0.3 is 0 Å². The summed E-state index contributed by atoms with van der Waals surface area (Å²) >= 11 is 0. The number of furan rings is 1. The van der Waals surface area contributed by atoms with Crippen LogP contribution in [0.15, 0.2) is 22.8 Å². The quantitative estimate of drug-likeness (QED) is 0.793. The third-order valence-electron chi connectivity index (χ3n) is 3.26. The van der Waals surface area contributed by atoms with E-state index >= 15 is 0 Å². The minimum absolute atomic E-state index is 0.0137. The minimum atomic E-state index is 0.0137. The molecule has 1 aromatic rings. The lowest BCUT2D eigenvalue weighted by molar-refractivity contribution is 0.0260. The predicted molar refractivity (Wildman–Crippen MR) is 60.0 cm³/mol. The van der Waals surface area contributed by atoms with Crippen LogP contribution in [0.25, 0.3) is 0 Å². The van der Waals surface area contributed by atoms with E-state index in [1.54, 1.807) is 6.26 Å². The standard InChI is InChI=1S/C12H19NO3/c14-6-3-12(4-8-15-9-5-12)13-10-11-2-1-7-16-11/h1-2,7,13-14H,3-6,8-10H2. The zero-order valence-corrected chi connectivity index (χ0v) is 9.45. The molecule has 0 aromatic carbocycles. The van der Waals surface area contributed by atoms with E-state index in [2.05, 4.69) is 5.32 Å². The van der Waals surface area contributed by atoms with Gasteiger partial charge in [-0.2, -0.15) is 0 Å². The van der Waals surface area contributed by atoms with Crippen molar-refractivity contribution in [3.8, 4) is 0 Å². The summed E-state index contributed by atoms with van der Waals surface area (Å²) in [6, 6.07) is 3.85. The SMILES string of the molecule is OCCC1(NCc2ccco2)CCOCC1. The molecule has 0 aliphatic carbocycles. The van der Waals surface area contributed by atoms with Gasteiger partial charge in [-0.15, -0.1) is 0 Å². The Bertz CT molecular complexity index is 286. The van der Waals surface area contributed by atoms with Crippen LogP contribution in [0.5, 0.6) is 0 Å². The molecule has 1 saturated heterocycles. The maximum atomic E-state index is 9.14. The monoisotopic (exact) mass is 225 g/mol. The molecule has 2 N–H and O–H groups in total. The summed E-state index contributed by atoms with van der Waals surface area (Å²) in [6.07, 6.45) is 4.36. The zero-order valence-electron chi connectivity index (χ0n) is 9.45. The molecule has 2 heterocycles. The fourth-order valence-electron chi connectivity index (χ4n) is 2.18. The van der Waals surface area contributed by atoms with Crippen molar-refractivity contribution in [2.75, 3.05) is 19.8 Å². The van der Waals surface area contributed by atoms with Crippen LogP contribution in [-0.4, -0.2) is 30.5 Å². The number of aliphatic hydroxyl groups excluding tert-OH is 1. The van der Waals surface area contributed by atoms with Gasteiger partial charge in [0.25, 0.3) is 0 Å². The van der Waals surface area contributed by atoms with E-state index in [1.165, 1.54) is 0 Å². The highest BCUT2D eigenvalue weighted by Crippen LogP contribution is 2.24. The second-order valence-corrected chi connectivity index (χ2v) is 4.30. The topological polar surface area (TPSA) is 54.6 Å². The maximum Gasteiger partial charge on any atom is 0.117 e. The highest BCUT2D eigenvalue weighted by atomic mass is 16.5. The van der Waals surface area contributed by atoms with Crippen LogP contribution < -0.4 is 5.32 Å². The van der Waals surface area contributed by atoms with Crippen molar-refractivity contribution >= 4 is 0 Å². The van der Waals surface area contributed by atoms with Gasteiger partial charge < -0.3 is 19.6 Å². The molecule has 0 bridgehead atoms. The van der Waals surface area contributed by atoms with Crippen molar-refractivity contribution in [3.63, 3.8) is 0 Å². The summed E-state index contributed by atoms with van der Waals surface area (Å²) in [5.74, 6) is 0.934. The van der Waals surface area contributed by atoms with E-state index in [1.807, 2.05) is 12.1 Å². The van der Waals surface area contributed by atoms with E-state index in [-0.39, 0.29) is 12.1 Å². The summed E-state index contributed by atoms with van der Waals surface area (Å²) in [5, 5.41) is 12.6. The highest BCUT2D eigenvalue weighted by Gasteiger charge is 2.31. The molecule has 0 spiro atoms. The van der Waals surface area contributed by atoms with E-state index in [9.17, 15) is 0 Å². The Balaban J connectivity index is 1.91. The van der Waals surface area contributed by atoms with E-state index < -0.39 is 0 Å². The van der Waals surface area contributed by atoms with Gasteiger partial charge in [0, 0.05) is 25.4 Å². The van der Waals surface area contributed by atoms with Crippen molar-refractivity contribution in [2.24, 2.45) is 0 Å². The van der Waals surface area contributed by atoms with Crippen LogP contribution in [0.4, 0.5) is 0 Å². The normalized spacial score (nSPS) is 19.8. The summed E-state index contributed by atoms with van der Waals surface area (Å²) < 4.78 is 10.7. The lowest BCUT2D eigenvalue weighted by Crippen LogP contribution is -2.49. The molecule has 0 saturated carbocycles. The third-order valence-corrected chi connectivity index (χ3v) is 3.26. The fourth-order valence-corrected chi connectivity index (χ4v) is 2.18. The summed E-state index contributed by atoms with van der Waals surface area (Å²) in [7, 11) is 0. The molecule has 0 atom stereocenters. The molecule has 90 valence electrons. The van der Waals surface area contributed by atoms with Crippen molar-refractivity contribution in [3.05, 3.63) is 24.2 Å². The first-order valence-electron chi connectivity index (χ1n) is 5.81. The number of nitrogens with one attached hydrogen (secondary N) is 1. The molecule has 2 rings (SSSR count). The fraction of sp³-hybridized carbons (Fsp3) is 0.667. The van der Waals surface area contributed by atoms with Gasteiger partial charge in [-0.05, 0) is 31.4 Å². The van der Waals surface area contributed by atoms with Crippen molar-refractivity contribution < 1.29 is 14.3 Å². The Morgan fingerprint density at radius 2 is 2.19 bits per heavy atom. The second-order valence-electron chi connectivity index (χ2n) is 4.30. The average Bonchev–Trinajstić information content (AvgIpc) is 2.81. The average molecular weight is 225 g/mol. The van der Waals surface area contributed by atoms with Gasteiger partial charge in [0.2, 0.25) is 0 Å². The minimum Gasteiger partial charge on any atom is -0.468 e. The van der Waals surface area contributed by atoms with Crippen LogP contribution in [0.2, 0.25) is 0 Å². The maximum absolute atomic E-state index is 9.14. The van der Waals surface area contributed by atoms with E-state index in [0.29, 0.717) is 6.54 Å². The molecule has 1 aliphatic rings. The van der Waals surface area contributed by atoms with E-state index in [4.69, 9.17) is 14.3 Å². The van der Waals surface area contributed by atoms with E-state index in [0.717, 1.165) is 38.2 Å². The Kier molecular flexibility index (Phi) is 3.98. The largest absolute Gasteiger partial charge is 0.468 e. The second kappa shape index (κ2) is 5.48. The molecule has 0 unspecified atom stereocenters. The molecule has 4 nitrogen and oxygen atoms in total. The first-order chi connectivity index (χ1) is 7.85. The third kappa shape index (κ3) is 2.84. The lowest BCUT2D eigenvalue weighted by atomic mass is 9.87. The molecule has 1 fully saturated rings. The molecule has 0 amide bonds. The Morgan fingerprint density at radius 3 is 2.81 bits per heavy atom. The highest BCUT2D eigenvalue weighted by molar-refractivity contribution is 5.00. The summed E-state index contributed by atoms with van der Waals surface area (Å²) in [6.45, 7) is 2.47. The summed E-state index contributed by atoms with van der Waals surface area (Å²) in [5.41, 5.74) is 0.0137. The van der Waals surface area contributed by atoms with Crippen LogP contribution in [-0.2, 0) is 11.3 Å². The number of hydrogen-bond donors (Lipinski definition) is 2. The number of ether oxygens (including phenoxy) is 1. The lowest BCUT2D eigenvalue weighted by Gasteiger charge is -2.37. The molecule has 1 aromatic heterocycles. The number of hydrogen-bond acceptors (Lipinski definition) is 4. The van der Waals surface area contributed by atoms with Gasteiger partial charge in [0.05, 0.1) is 12.8 Å². The van der Waals surface area contributed by atoms with Gasteiger partial charge in [-0.1, -0.05) is 0 Å². The first-order valence-corrected chi connectivity index (χ1v) is 5.81. The molecule has 0 radical (unpaired) electrons. The van der Waals surface area contributed by atoms with Gasteiger partial charge in [-0.25, -0.2) is 0 Å². The van der Waals surface area contributed by atoms with Crippen molar-refractivity contribution in [1.82, 2.24) is 5.32 Å². The van der Waals surface area contributed by atoms with Crippen LogP contribution in [0.3, 0.4) is 0 Å².